The standard InChI is InChI=1S/C19H27N5.HI/c1-19(2)8-10-24(14-19)18(20-3)22-12-16-4-6-17(7-5-16)13-23-11-9-21-15-23;/h4-7,9,11,15H,8,10,12-14H2,1-3H3,(H,20,22);1H. The zero-order valence-corrected chi connectivity index (χ0v) is 17.6. The Morgan fingerprint density at radius 2 is 1.96 bits per heavy atom. The summed E-state index contributed by atoms with van der Waals surface area (Å²) in [5.41, 5.74) is 2.93. The van der Waals surface area contributed by atoms with Crippen LogP contribution in [0.1, 0.15) is 31.4 Å². The van der Waals surface area contributed by atoms with Gasteiger partial charge in [-0.15, -0.1) is 24.0 Å². The number of nitrogens with one attached hydrogen (secondary N) is 1. The number of hydrogen-bond donors (Lipinski definition) is 1. The van der Waals surface area contributed by atoms with Crippen LogP contribution in [0.5, 0.6) is 0 Å². The molecule has 1 aliphatic heterocycles. The molecule has 25 heavy (non-hydrogen) atoms. The molecule has 6 heteroatoms. The molecule has 0 saturated carbocycles. The van der Waals surface area contributed by atoms with Crippen molar-refractivity contribution in [3.05, 3.63) is 54.1 Å². The number of guanidine groups is 1. The lowest BCUT2D eigenvalue weighted by Crippen LogP contribution is -2.40. The first-order valence-electron chi connectivity index (χ1n) is 8.55. The smallest absolute Gasteiger partial charge is 0.193 e. The fraction of sp³-hybridized carbons (Fsp3) is 0.474. The molecule has 1 fully saturated rings. The van der Waals surface area contributed by atoms with Crippen molar-refractivity contribution >= 4 is 29.9 Å². The van der Waals surface area contributed by atoms with E-state index >= 15 is 0 Å². The number of hydrogen-bond acceptors (Lipinski definition) is 2. The second-order valence-corrected chi connectivity index (χ2v) is 7.29. The van der Waals surface area contributed by atoms with Crippen LogP contribution in [0.25, 0.3) is 0 Å². The molecule has 0 unspecified atom stereocenters. The van der Waals surface area contributed by atoms with Crippen LogP contribution in [0.4, 0.5) is 0 Å². The molecular formula is C19H28IN5. The number of halogens is 1. The van der Waals surface area contributed by atoms with E-state index in [1.807, 2.05) is 25.8 Å². The Balaban J connectivity index is 0.00000225. The van der Waals surface area contributed by atoms with Gasteiger partial charge in [-0.1, -0.05) is 38.1 Å². The topological polar surface area (TPSA) is 45.5 Å². The van der Waals surface area contributed by atoms with Gasteiger partial charge in [-0.25, -0.2) is 4.98 Å². The predicted molar refractivity (Wildman–Crippen MR) is 113 cm³/mol. The molecule has 1 aliphatic rings. The molecule has 0 amide bonds. The van der Waals surface area contributed by atoms with Crippen molar-refractivity contribution in [2.24, 2.45) is 10.4 Å². The lowest BCUT2D eigenvalue weighted by atomic mass is 9.93. The van der Waals surface area contributed by atoms with Crippen molar-refractivity contribution in [3.63, 3.8) is 0 Å². The minimum atomic E-state index is 0. The summed E-state index contributed by atoms with van der Waals surface area (Å²) in [6, 6.07) is 8.72. The lowest BCUT2D eigenvalue weighted by Gasteiger charge is -2.23. The first-order chi connectivity index (χ1) is 11.6. The molecule has 1 aromatic carbocycles. The lowest BCUT2D eigenvalue weighted by molar-refractivity contribution is 0.370. The second-order valence-electron chi connectivity index (χ2n) is 7.29. The zero-order valence-electron chi connectivity index (χ0n) is 15.3. The van der Waals surface area contributed by atoms with Gasteiger partial charge in [0, 0.05) is 45.6 Å². The number of aromatic nitrogens is 2. The third kappa shape index (κ3) is 5.45. The van der Waals surface area contributed by atoms with Gasteiger partial charge in [0.1, 0.15) is 0 Å². The Bertz CT molecular complexity index is 676. The summed E-state index contributed by atoms with van der Waals surface area (Å²) in [5, 5.41) is 3.49. The predicted octanol–water partition coefficient (Wildman–Crippen LogP) is 3.36. The van der Waals surface area contributed by atoms with Crippen LogP contribution in [0, 0.1) is 5.41 Å². The number of imidazole rings is 1. The summed E-state index contributed by atoms with van der Waals surface area (Å²) in [7, 11) is 1.86. The number of nitrogens with zero attached hydrogens (tertiary/aromatic N) is 4. The first-order valence-corrected chi connectivity index (χ1v) is 8.55. The minimum absolute atomic E-state index is 0. The van der Waals surface area contributed by atoms with E-state index < -0.39 is 0 Å². The molecule has 1 aromatic heterocycles. The molecule has 0 spiro atoms. The average Bonchev–Trinajstić information content (AvgIpc) is 3.19. The molecule has 0 atom stereocenters. The summed E-state index contributed by atoms with van der Waals surface area (Å²) >= 11 is 0. The first kappa shape index (κ1) is 19.8. The zero-order chi connectivity index (χ0) is 17.0. The SMILES string of the molecule is CN=C(NCc1ccc(Cn2ccnc2)cc1)N1CCC(C)(C)C1.I. The second kappa shape index (κ2) is 8.69. The molecule has 0 bridgehead atoms. The Labute approximate surface area is 167 Å². The van der Waals surface area contributed by atoms with Crippen LogP contribution in [-0.4, -0.2) is 40.5 Å². The highest BCUT2D eigenvalue weighted by Crippen LogP contribution is 2.28. The van der Waals surface area contributed by atoms with Crippen molar-refractivity contribution in [1.82, 2.24) is 19.8 Å². The van der Waals surface area contributed by atoms with Gasteiger partial charge in [-0.3, -0.25) is 4.99 Å². The maximum Gasteiger partial charge on any atom is 0.193 e. The molecule has 136 valence electrons. The molecular weight excluding hydrogens is 425 g/mol. The third-order valence-corrected chi connectivity index (χ3v) is 4.59. The van der Waals surface area contributed by atoms with Gasteiger partial charge in [-0.2, -0.15) is 0 Å². The highest BCUT2D eigenvalue weighted by molar-refractivity contribution is 14.0. The number of rotatable bonds is 4. The fourth-order valence-electron chi connectivity index (χ4n) is 3.16. The Kier molecular flexibility index (Phi) is 6.87. The summed E-state index contributed by atoms with van der Waals surface area (Å²) in [6.07, 6.45) is 6.86. The average molecular weight is 453 g/mol. The normalized spacial score (nSPS) is 16.6. The largest absolute Gasteiger partial charge is 0.352 e. The molecule has 2 aromatic rings. The van der Waals surface area contributed by atoms with E-state index in [1.54, 1.807) is 0 Å². The van der Waals surface area contributed by atoms with Gasteiger partial charge in [0.15, 0.2) is 5.96 Å². The van der Waals surface area contributed by atoms with Gasteiger partial charge in [0.05, 0.1) is 6.33 Å². The van der Waals surface area contributed by atoms with Crippen LogP contribution >= 0.6 is 24.0 Å². The van der Waals surface area contributed by atoms with Crippen molar-refractivity contribution in [2.45, 2.75) is 33.4 Å². The van der Waals surface area contributed by atoms with Crippen LogP contribution in [0.15, 0.2) is 48.0 Å². The number of aliphatic imine (C=N–C) groups is 1. The Hall–Kier alpha value is -1.57. The minimum Gasteiger partial charge on any atom is -0.352 e. The van der Waals surface area contributed by atoms with Crippen LogP contribution in [0.3, 0.4) is 0 Å². The Morgan fingerprint density at radius 3 is 2.52 bits per heavy atom. The van der Waals surface area contributed by atoms with E-state index in [1.165, 1.54) is 17.5 Å². The van der Waals surface area contributed by atoms with Gasteiger partial charge in [0.2, 0.25) is 0 Å². The van der Waals surface area contributed by atoms with E-state index in [2.05, 4.69) is 62.9 Å². The van der Waals surface area contributed by atoms with Crippen LogP contribution in [0.2, 0.25) is 0 Å². The summed E-state index contributed by atoms with van der Waals surface area (Å²) in [6.45, 7) is 8.44. The maximum atomic E-state index is 4.44. The molecule has 1 N–H and O–H groups in total. The monoisotopic (exact) mass is 453 g/mol. The molecule has 5 nitrogen and oxygen atoms in total. The summed E-state index contributed by atoms with van der Waals surface area (Å²) < 4.78 is 2.07. The van der Waals surface area contributed by atoms with Crippen molar-refractivity contribution in [1.29, 1.82) is 0 Å². The van der Waals surface area contributed by atoms with Crippen LogP contribution in [-0.2, 0) is 13.1 Å². The molecule has 3 rings (SSSR count). The van der Waals surface area contributed by atoms with Gasteiger partial charge in [0.25, 0.3) is 0 Å². The van der Waals surface area contributed by atoms with Gasteiger partial charge >= 0.3 is 0 Å². The highest BCUT2D eigenvalue weighted by atomic mass is 127. The van der Waals surface area contributed by atoms with E-state index in [9.17, 15) is 0 Å². The molecule has 0 radical (unpaired) electrons. The highest BCUT2D eigenvalue weighted by Gasteiger charge is 2.30. The van der Waals surface area contributed by atoms with Crippen molar-refractivity contribution < 1.29 is 0 Å². The summed E-state index contributed by atoms with van der Waals surface area (Å²) in [5.74, 6) is 1.00. The van der Waals surface area contributed by atoms with Crippen LogP contribution < -0.4 is 5.32 Å². The quantitative estimate of drug-likeness (QED) is 0.439. The van der Waals surface area contributed by atoms with E-state index in [-0.39, 0.29) is 24.0 Å². The maximum absolute atomic E-state index is 4.44. The van der Waals surface area contributed by atoms with E-state index in [0.717, 1.165) is 32.1 Å². The van der Waals surface area contributed by atoms with Crippen molar-refractivity contribution in [2.75, 3.05) is 20.1 Å². The molecule has 2 heterocycles. The molecule has 0 aliphatic carbocycles. The summed E-state index contributed by atoms with van der Waals surface area (Å²) in [4.78, 5) is 10.9. The van der Waals surface area contributed by atoms with Crippen molar-refractivity contribution in [3.8, 4) is 0 Å². The number of benzene rings is 1. The van der Waals surface area contributed by atoms with Gasteiger partial charge < -0.3 is 14.8 Å². The number of likely N-dealkylation sites (tertiary alicyclic amines) is 1. The van der Waals surface area contributed by atoms with E-state index in [4.69, 9.17) is 0 Å². The van der Waals surface area contributed by atoms with Gasteiger partial charge in [-0.05, 0) is 23.0 Å². The molecule has 1 saturated heterocycles. The Morgan fingerprint density at radius 1 is 1.24 bits per heavy atom. The fourth-order valence-corrected chi connectivity index (χ4v) is 3.16. The third-order valence-electron chi connectivity index (χ3n) is 4.59. The van der Waals surface area contributed by atoms with E-state index in [0.29, 0.717) is 5.41 Å².